The van der Waals surface area contributed by atoms with Crippen LogP contribution in [-0.2, 0) is 9.53 Å². The molecule has 1 unspecified atom stereocenters. The van der Waals surface area contributed by atoms with Gasteiger partial charge in [-0.25, -0.2) is 4.79 Å². The van der Waals surface area contributed by atoms with Crippen molar-refractivity contribution in [3.05, 3.63) is 0 Å². The topological polar surface area (TPSA) is 46.5 Å². The zero-order valence-electron chi connectivity index (χ0n) is 9.58. The van der Waals surface area contributed by atoms with E-state index >= 15 is 0 Å². The zero-order chi connectivity index (χ0) is 11.1. The number of methoxy groups -OCH3 is 1. The predicted molar refractivity (Wildman–Crippen MR) is 56.3 cm³/mol. The molecule has 86 valence electrons. The largest absolute Gasteiger partial charge is 0.467 e. The van der Waals surface area contributed by atoms with E-state index in [-0.39, 0.29) is 10.8 Å². The number of hydrogen-bond donors (Lipinski definition) is 1. The SMILES string of the molecule is CCC1(C2(C(O)C(=O)OC)CC2)CCC1. The summed E-state index contributed by atoms with van der Waals surface area (Å²) >= 11 is 0. The van der Waals surface area contributed by atoms with E-state index in [9.17, 15) is 9.90 Å². The predicted octanol–water partition coefficient (Wildman–Crippen LogP) is 1.88. The first-order chi connectivity index (χ1) is 7.12. The highest BCUT2D eigenvalue weighted by Crippen LogP contribution is 2.69. The number of esters is 1. The third-order valence-corrected chi connectivity index (χ3v) is 4.78. The van der Waals surface area contributed by atoms with Gasteiger partial charge in [-0.15, -0.1) is 0 Å². The van der Waals surface area contributed by atoms with Crippen LogP contribution in [0.3, 0.4) is 0 Å². The maximum atomic E-state index is 11.4. The highest BCUT2D eigenvalue weighted by molar-refractivity contribution is 5.76. The number of aliphatic hydroxyl groups excluding tert-OH is 1. The van der Waals surface area contributed by atoms with Crippen LogP contribution in [0.2, 0.25) is 0 Å². The van der Waals surface area contributed by atoms with Gasteiger partial charge in [0.05, 0.1) is 7.11 Å². The lowest BCUT2D eigenvalue weighted by Gasteiger charge is -2.49. The van der Waals surface area contributed by atoms with Crippen molar-refractivity contribution < 1.29 is 14.6 Å². The van der Waals surface area contributed by atoms with Crippen LogP contribution in [0.1, 0.15) is 45.4 Å². The molecule has 0 heterocycles. The summed E-state index contributed by atoms with van der Waals surface area (Å²) in [5, 5.41) is 10.1. The van der Waals surface area contributed by atoms with Gasteiger partial charge in [0.2, 0.25) is 0 Å². The van der Waals surface area contributed by atoms with Gasteiger partial charge in [-0.1, -0.05) is 13.3 Å². The van der Waals surface area contributed by atoms with E-state index in [1.807, 2.05) is 0 Å². The molecular formula is C12H20O3. The molecule has 0 aromatic rings. The van der Waals surface area contributed by atoms with E-state index in [0.717, 1.165) is 32.1 Å². The number of carbonyl (C=O) groups is 1. The fourth-order valence-corrected chi connectivity index (χ4v) is 3.37. The van der Waals surface area contributed by atoms with Crippen LogP contribution in [0.25, 0.3) is 0 Å². The molecule has 15 heavy (non-hydrogen) atoms. The molecule has 0 amide bonds. The Labute approximate surface area is 90.8 Å². The van der Waals surface area contributed by atoms with E-state index in [1.165, 1.54) is 13.5 Å². The van der Waals surface area contributed by atoms with Gasteiger partial charge in [0, 0.05) is 5.41 Å². The van der Waals surface area contributed by atoms with Crippen LogP contribution < -0.4 is 0 Å². The Balaban J connectivity index is 2.16. The van der Waals surface area contributed by atoms with Crippen molar-refractivity contribution in [1.82, 2.24) is 0 Å². The van der Waals surface area contributed by atoms with Crippen molar-refractivity contribution in [2.75, 3.05) is 7.11 Å². The first-order valence-electron chi connectivity index (χ1n) is 5.88. The average molecular weight is 212 g/mol. The number of ether oxygens (including phenoxy) is 1. The second kappa shape index (κ2) is 3.48. The summed E-state index contributed by atoms with van der Waals surface area (Å²) in [5.41, 5.74) is 0.0771. The third-order valence-electron chi connectivity index (χ3n) is 4.78. The molecular weight excluding hydrogens is 192 g/mol. The van der Waals surface area contributed by atoms with Gasteiger partial charge in [-0.05, 0) is 37.5 Å². The van der Waals surface area contributed by atoms with Crippen molar-refractivity contribution in [3.63, 3.8) is 0 Å². The van der Waals surface area contributed by atoms with E-state index in [2.05, 4.69) is 11.7 Å². The summed E-state index contributed by atoms with van der Waals surface area (Å²) in [6, 6.07) is 0. The zero-order valence-corrected chi connectivity index (χ0v) is 9.58. The molecule has 3 nitrogen and oxygen atoms in total. The number of hydrogen-bond acceptors (Lipinski definition) is 3. The minimum absolute atomic E-state index is 0.146. The molecule has 1 N–H and O–H groups in total. The fourth-order valence-electron chi connectivity index (χ4n) is 3.37. The molecule has 2 saturated carbocycles. The van der Waals surface area contributed by atoms with Crippen molar-refractivity contribution in [3.8, 4) is 0 Å². The smallest absolute Gasteiger partial charge is 0.335 e. The van der Waals surface area contributed by atoms with Gasteiger partial charge in [0.25, 0.3) is 0 Å². The summed E-state index contributed by atoms with van der Waals surface area (Å²) in [6.07, 6.45) is 5.70. The Morgan fingerprint density at radius 2 is 2.00 bits per heavy atom. The molecule has 0 bridgehead atoms. The lowest BCUT2D eigenvalue weighted by Crippen LogP contribution is -2.48. The molecule has 2 fully saturated rings. The van der Waals surface area contributed by atoms with E-state index in [0.29, 0.717) is 0 Å². The molecule has 0 aromatic carbocycles. The van der Waals surface area contributed by atoms with Crippen molar-refractivity contribution in [1.29, 1.82) is 0 Å². The van der Waals surface area contributed by atoms with Gasteiger partial charge in [0.1, 0.15) is 0 Å². The van der Waals surface area contributed by atoms with E-state index in [4.69, 9.17) is 0 Å². The van der Waals surface area contributed by atoms with Gasteiger partial charge < -0.3 is 9.84 Å². The molecule has 0 spiro atoms. The number of carbonyl (C=O) groups excluding carboxylic acids is 1. The number of rotatable bonds is 4. The Kier molecular flexibility index (Phi) is 2.53. The summed E-state index contributed by atoms with van der Waals surface area (Å²) in [5.74, 6) is -0.452. The molecule has 2 aliphatic carbocycles. The first-order valence-corrected chi connectivity index (χ1v) is 5.88. The van der Waals surface area contributed by atoms with E-state index < -0.39 is 12.1 Å². The summed E-state index contributed by atoms with van der Waals surface area (Å²) in [4.78, 5) is 11.4. The van der Waals surface area contributed by atoms with Crippen LogP contribution in [0.5, 0.6) is 0 Å². The lowest BCUT2D eigenvalue weighted by atomic mass is 9.56. The monoisotopic (exact) mass is 212 g/mol. The normalized spacial score (nSPS) is 27.7. The standard InChI is InChI=1S/C12H20O3/c1-3-11(5-4-6-11)12(7-8-12)9(13)10(14)15-2/h9,13H,3-8H2,1-2H3. The fraction of sp³-hybridized carbons (Fsp3) is 0.917. The highest BCUT2D eigenvalue weighted by Gasteiger charge is 2.65. The van der Waals surface area contributed by atoms with Gasteiger partial charge >= 0.3 is 5.97 Å². The molecule has 1 atom stereocenters. The summed E-state index contributed by atoms with van der Waals surface area (Å²) < 4.78 is 4.66. The van der Waals surface area contributed by atoms with Crippen LogP contribution in [0.4, 0.5) is 0 Å². The summed E-state index contributed by atoms with van der Waals surface area (Å²) in [6.45, 7) is 2.17. The maximum Gasteiger partial charge on any atom is 0.335 e. The first kappa shape index (κ1) is 10.9. The molecule has 2 rings (SSSR count). The second-order valence-corrected chi connectivity index (χ2v) is 5.07. The third kappa shape index (κ3) is 1.32. The van der Waals surface area contributed by atoms with Gasteiger partial charge in [-0.3, -0.25) is 0 Å². The Morgan fingerprint density at radius 3 is 2.27 bits per heavy atom. The van der Waals surface area contributed by atoms with Crippen LogP contribution in [-0.4, -0.2) is 24.3 Å². The van der Waals surface area contributed by atoms with Crippen molar-refractivity contribution >= 4 is 5.97 Å². The molecule has 2 aliphatic rings. The van der Waals surface area contributed by atoms with Crippen molar-refractivity contribution in [2.24, 2.45) is 10.8 Å². The van der Waals surface area contributed by atoms with Crippen LogP contribution >= 0.6 is 0 Å². The van der Waals surface area contributed by atoms with E-state index in [1.54, 1.807) is 0 Å². The van der Waals surface area contributed by atoms with Crippen LogP contribution in [0.15, 0.2) is 0 Å². The molecule has 0 saturated heterocycles. The van der Waals surface area contributed by atoms with Crippen molar-refractivity contribution in [2.45, 2.75) is 51.6 Å². The molecule has 0 aliphatic heterocycles. The minimum Gasteiger partial charge on any atom is -0.467 e. The van der Waals surface area contributed by atoms with Crippen LogP contribution in [0, 0.1) is 10.8 Å². The Morgan fingerprint density at radius 1 is 1.40 bits per heavy atom. The molecule has 3 heteroatoms. The Hall–Kier alpha value is -0.570. The maximum absolute atomic E-state index is 11.4. The van der Waals surface area contributed by atoms with Gasteiger partial charge in [-0.2, -0.15) is 0 Å². The molecule has 0 aromatic heterocycles. The number of aliphatic hydroxyl groups is 1. The average Bonchev–Trinajstić information content (AvgIpc) is 2.96. The Bertz CT molecular complexity index is 259. The van der Waals surface area contributed by atoms with Gasteiger partial charge in [0.15, 0.2) is 6.10 Å². The minimum atomic E-state index is -0.900. The molecule has 0 radical (unpaired) electrons. The quantitative estimate of drug-likeness (QED) is 0.724. The highest BCUT2D eigenvalue weighted by atomic mass is 16.5. The second-order valence-electron chi connectivity index (χ2n) is 5.07. The lowest BCUT2D eigenvalue weighted by molar-refractivity contribution is -0.162. The summed E-state index contributed by atoms with van der Waals surface area (Å²) in [7, 11) is 1.35.